The topological polar surface area (TPSA) is 32.7 Å². The third kappa shape index (κ3) is 4.22. The number of hydrogen-bond donors (Lipinski definition) is 1. The van der Waals surface area contributed by atoms with Gasteiger partial charge in [0.2, 0.25) is 0 Å². The highest BCUT2D eigenvalue weighted by Gasteiger charge is 2.16. The van der Waals surface area contributed by atoms with E-state index < -0.39 is 6.10 Å². The molecule has 0 spiro atoms. The maximum atomic E-state index is 10.0. The van der Waals surface area contributed by atoms with Crippen LogP contribution in [0.3, 0.4) is 0 Å². The van der Waals surface area contributed by atoms with Gasteiger partial charge in [-0.25, -0.2) is 0 Å². The molecule has 1 N–H and O–H groups in total. The molecule has 3 heteroatoms. The minimum Gasteiger partial charge on any atom is -0.491 e. The molecular formula is C17H27NO2. The largest absolute Gasteiger partial charge is 0.491 e. The van der Waals surface area contributed by atoms with E-state index >= 15 is 0 Å². The van der Waals surface area contributed by atoms with Gasteiger partial charge in [0.1, 0.15) is 18.5 Å². The highest BCUT2D eigenvalue weighted by Crippen LogP contribution is 2.23. The van der Waals surface area contributed by atoms with Crippen LogP contribution in [0.2, 0.25) is 0 Å². The van der Waals surface area contributed by atoms with Crippen molar-refractivity contribution in [1.29, 1.82) is 0 Å². The van der Waals surface area contributed by atoms with Crippen LogP contribution in [0.15, 0.2) is 18.2 Å². The van der Waals surface area contributed by atoms with Crippen LogP contribution in [0.25, 0.3) is 0 Å². The summed E-state index contributed by atoms with van der Waals surface area (Å²) in [7, 11) is 0. The summed E-state index contributed by atoms with van der Waals surface area (Å²) in [6.45, 7) is 9.83. The first-order valence-electron chi connectivity index (χ1n) is 7.70. The Morgan fingerprint density at radius 3 is 2.55 bits per heavy atom. The van der Waals surface area contributed by atoms with Crippen LogP contribution in [0.1, 0.15) is 43.7 Å². The van der Waals surface area contributed by atoms with Crippen molar-refractivity contribution in [2.75, 3.05) is 26.2 Å². The molecule has 2 rings (SSSR count). The monoisotopic (exact) mass is 277 g/mol. The molecule has 1 saturated heterocycles. The van der Waals surface area contributed by atoms with Crippen molar-refractivity contribution in [1.82, 2.24) is 4.90 Å². The van der Waals surface area contributed by atoms with E-state index in [1.165, 1.54) is 24.0 Å². The maximum Gasteiger partial charge on any atom is 0.119 e. The predicted molar refractivity (Wildman–Crippen MR) is 82.4 cm³/mol. The van der Waals surface area contributed by atoms with E-state index in [9.17, 15) is 5.11 Å². The molecule has 0 aliphatic carbocycles. The molecule has 1 heterocycles. The van der Waals surface area contributed by atoms with E-state index in [-0.39, 0.29) is 0 Å². The Hall–Kier alpha value is -1.06. The molecule has 1 aliphatic rings. The second-order valence-electron chi connectivity index (χ2n) is 6.15. The molecule has 1 atom stereocenters. The standard InChI is InChI=1S/C17H27NO2/c1-13(2)17-7-6-16(10-14(17)3)20-12-15(19)11-18-8-4-5-9-18/h6-7,10,13,15,19H,4-5,8-9,11-12H2,1-3H3/t15-/m0/s1. The van der Waals surface area contributed by atoms with Crippen molar-refractivity contribution >= 4 is 0 Å². The zero-order chi connectivity index (χ0) is 14.5. The average Bonchev–Trinajstić information content (AvgIpc) is 2.89. The lowest BCUT2D eigenvalue weighted by Crippen LogP contribution is -2.33. The van der Waals surface area contributed by atoms with Crippen LogP contribution in [-0.2, 0) is 0 Å². The van der Waals surface area contributed by atoms with Crippen LogP contribution in [-0.4, -0.2) is 42.4 Å². The molecule has 1 aromatic rings. The molecule has 1 aliphatic heterocycles. The van der Waals surface area contributed by atoms with Crippen molar-refractivity contribution in [2.24, 2.45) is 0 Å². The highest BCUT2D eigenvalue weighted by atomic mass is 16.5. The third-order valence-corrected chi connectivity index (χ3v) is 3.97. The Morgan fingerprint density at radius 1 is 1.25 bits per heavy atom. The van der Waals surface area contributed by atoms with Gasteiger partial charge in [0.05, 0.1) is 0 Å². The maximum absolute atomic E-state index is 10.0. The van der Waals surface area contributed by atoms with Gasteiger partial charge >= 0.3 is 0 Å². The number of benzene rings is 1. The van der Waals surface area contributed by atoms with Crippen LogP contribution in [0, 0.1) is 6.92 Å². The highest BCUT2D eigenvalue weighted by molar-refractivity contribution is 5.36. The van der Waals surface area contributed by atoms with Crippen molar-refractivity contribution in [2.45, 2.75) is 45.6 Å². The van der Waals surface area contributed by atoms with Crippen LogP contribution >= 0.6 is 0 Å². The normalized spacial score (nSPS) is 17.6. The number of rotatable bonds is 6. The summed E-state index contributed by atoms with van der Waals surface area (Å²) in [6.07, 6.45) is 2.10. The lowest BCUT2D eigenvalue weighted by molar-refractivity contribution is 0.0758. The van der Waals surface area contributed by atoms with Gasteiger partial charge in [0.15, 0.2) is 0 Å². The molecule has 1 aromatic carbocycles. The number of ether oxygens (including phenoxy) is 1. The van der Waals surface area contributed by atoms with Gasteiger partial charge in [0, 0.05) is 6.54 Å². The average molecular weight is 277 g/mol. The number of hydrogen-bond acceptors (Lipinski definition) is 3. The molecule has 112 valence electrons. The fourth-order valence-corrected chi connectivity index (χ4v) is 2.89. The summed E-state index contributed by atoms with van der Waals surface area (Å²) in [4.78, 5) is 2.31. The van der Waals surface area contributed by atoms with Gasteiger partial charge in [-0.1, -0.05) is 19.9 Å². The first-order valence-corrected chi connectivity index (χ1v) is 7.70. The summed E-state index contributed by atoms with van der Waals surface area (Å²) in [5, 5.41) is 10.0. The van der Waals surface area contributed by atoms with Crippen molar-refractivity contribution in [3.63, 3.8) is 0 Å². The van der Waals surface area contributed by atoms with E-state index in [0.717, 1.165) is 25.4 Å². The van der Waals surface area contributed by atoms with E-state index in [4.69, 9.17) is 4.74 Å². The minimum atomic E-state index is -0.404. The second-order valence-corrected chi connectivity index (χ2v) is 6.15. The van der Waals surface area contributed by atoms with E-state index in [1.54, 1.807) is 0 Å². The second kappa shape index (κ2) is 7.09. The van der Waals surface area contributed by atoms with Gasteiger partial charge in [0.25, 0.3) is 0 Å². The number of aryl methyl sites for hydroxylation is 1. The summed E-state index contributed by atoms with van der Waals surface area (Å²) in [6, 6.07) is 6.20. The zero-order valence-electron chi connectivity index (χ0n) is 12.9. The Labute approximate surface area is 122 Å². The van der Waals surface area contributed by atoms with Crippen molar-refractivity contribution < 1.29 is 9.84 Å². The molecule has 3 nitrogen and oxygen atoms in total. The molecule has 0 aromatic heterocycles. The Morgan fingerprint density at radius 2 is 1.95 bits per heavy atom. The molecule has 1 fully saturated rings. The summed E-state index contributed by atoms with van der Waals surface area (Å²) < 4.78 is 5.72. The number of nitrogens with zero attached hydrogens (tertiary/aromatic N) is 1. The zero-order valence-corrected chi connectivity index (χ0v) is 12.9. The smallest absolute Gasteiger partial charge is 0.119 e. The van der Waals surface area contributed by atoms with Crippen LogP contribution < -0.4 is 4.74 Å². The molecule has 0 saturated carbocycles. The van der Waals surface area contributed by atoms with Gasteiger partial charge in [-0.15, -0.1) is 0 Å². The third-order valence-electron chi connectivity index (χ3n) is 3.97. The first-order chi connectivity index (χ1) is 9.56. The lowest BCUT2D eigenvalue weighted by atomic mass is 9.98. The van der Waals surface area contributed by atoms with E-state index in [2.05, 4.69) is 37.8 Å². The van der Waals surface area contributed by atoms with E-state index in [1.807, 2.05) is 6.07 Å². The van der Waals surface area contributed by atoms with Gasteiger partial charge < -0.3 is 14.7 Å². The van der Waals surface area contributed by atoms with Gasteiger partial charge in [-0.05, 0) is 62.0 Å². The summed E-state index contributed by atoms with van der Waals surface area (Å²) in [5.41, 5.74) is 2.61. The first kappa shape index (κ1) is 15.3. The van der Waals surface area contributed by atoms with Gasteiger partial charge in [-0.2, -0.15) is 0 Å². The molecule has 0 unspecified atom stereocenters. The quantitative estimate of drug-likeness (QED) is 0.867. The molecule has 0 amide bonds. The Kier molecular flexibility index (Phi) is 5.44. The van der Waals surface area contributed by atoms with E-state index in [0.29, 0.717) is 12.5 Å². The number of aliphatic hydroxyl groups excluding tert-OH is 1. The lowest BCUT2D eigenvalue weighted by Gasteiger charge is -2.20. The van der Waals surface area contributed by atoms with Gasteiger partial charge in [-0.3, -0.25) is 0 Å². The van der Waals surface area contributed by atoms with Crippen molar-refractivity contribution in [3.05, 3.63) is 29.3 Å². The Balaban J connectivity index is 1.82. The van der Waals surface area contributed by atoms with Crippen LogP contribution in [0.4, 0.5) is 0 Å². The fraction of sp³-hybridized carbons (Fsp3) is 0.647. The molecular weight excluding hydrogens is 250 g/mol. The predicted octanol–water partition coefficient (Wildman–Crippen LogP) is 2.95. The fourth-order valence-electron chi connectivity index (χ4n) is 2.89. The number of likely N-dealkylation sites (tertiary alicyclic amines) is 1. The molecule has 0 bridgehead atoms. The number of aliphatic hydroxyl groups is 1. The summed E-state index contributed by atoms with van der Waals surface area (Å²) in [5.74, 6) is 1.39. The minimum absolute atomic E-state index is 0.372. The van der Waals surface area contributed by atoms with Crippen molar-refractivity contribution in [3.8, 4) is 5.75 Å². The Bertz CT molecular complexity index is 425. The SMILES string of the molecule is Cc1cc(OC[C@@H](O)CN2CCCC2)ccc1C(C)C. The number of β-amino-alcohol motifs (C(OH)–C–C–N with tert-alkyl or cyclic N) is 1. The molecule has 0 radical (unpaired) electrons. The molecule has 20 heavy (non-hydrogen) atoms. The summed E-state index contributed by atoms with van der Waals surface area (Å²) >= 11 is 0. The van der Waals surface area contributed by atoms with Crippen LogP contribution in [0.5, 0.6) is 5.75 Å².